The fraction of sp³-hybridized carbons (Fsp3) is 0. The van der Waals surface area contributed by atoms with Crippen LogP contribution < -0.4 is 4.90 Å². The molecule has 2 aromatic heterocycles. The Morgan fingerprint density at radius 2 is 0.860 bits per heavy atom. The number of benzene rings is 7. The summed E-state index contributed by atoms with van der Waals surface area (Å²) in [5.74, 6) is 0. The van der Waals surface area contributed by atoms with Gasteiger partial charge in [-0.25, -0.2) is 4.52 Å². The first-order chi connectivity index (χ1) is 24.8. The van der Waals surface area contributed by atoms with Gasteiger partial charge in [0.2, 0.25) is 0 Å². The number of fused-ring (bicyclic) bond motifs is 3. The van der Waals surface area contributed by atoms with E-state index >= 15 is 0 Å². The van der Waals surface area contributed by atoms with E-state index < -0.39 is 0 Å². The van der Waals surface area contributed by atoms with Crippen molar-refractivity contribution in [2.24, 2.45) is 0 Å². The summed E-state index contributed by atoms with van der Waals surface area (Å²) in [6, 6.07) is 69.0. The molecule has 0 fully saturated rings. The van der Waals surface area contributed by atoms with E-state index in [1.54, 1.807) is 0 Å². The Morgan fingerprint density at radius 3 is 1.38 bits per heavy atom. The van der Waals surface area contributed by atoms with Crippen LogP contribution >= 0.6 is 0 Å². The minimum atomic E-state index is 1.05. The average molecular weight is 640 g/mol. The van der Waals surface area contributed by atoms with Gasteiger partial charge in [0.25, 0.3) is 0 Å². The lowest BCUT2D eigenvalue weighted by atomic mass is 9.98. The first-order valence-corrected chi connectivity index (χ1v) is 17.0. The average Bonchev–Trinajstić information content (AvgIpc) is 3.65. The van der Waals surface area contributed by atoms with Crippen molar-refractivity contribution in [2.45, 2.75) is 0 Å². The first kappa shape index (κ1) is 29.4. The Bertz CT molecular complexity index is 2460. The molecule has 0 unspecified atom stereocenters. The van der Waals surface area contributed by atoms with E-state index in [9.17, 15) is 0 Å². The molecule has 9 rings (SSSR count). The fourth-order valence-electron chi connectivity index (χ4n) is 7.04. The van der Waals surface area contributed by atoms with Crippen LogP contribution in [0.15, 0.2) is 200 Å². The molecule has 2 heterocycles. The second-order valence-electron chi connectivity index (χ2n) is 12.5. The maximum absolute atomic E-state index is 5.06. The van der Waals surface area contributed by atoms with Gasteiger partial charge in [0.15, 0.2) is 0 Å². The number of pyridine rings is 1. The molecule has 0 saturated heterocycles. The molecule has 236 valence electrons. The molecule has 50 heavy (non-hydrogen) atoms. The third-order valence-corrected chi connectivity index (χ3v) is 9.46. The summed E-state index contributed by atoms with van der Waals surface area (Å²) in [6.07, 6.45) is 2.01. The number of rotatable bonds is 7. The monoisotopic (exact) mass is 639 g/mol. The molecule has 7 aromatic carbocycles. The Balaban J connectivity index is 1.30. The van der Waals surface area contributed by atoms with Gasteiger partial charge in [-0.1, -0.05) is 158 Å². The highest BCUT2D eigenvalue weighted by Crippen LogP contribution is 2.44. The molecule has 0 spiro atoms. The summed E-state index contributed by atoms with van der Waals surface area (Å²) < 4.78 is 2.12. The molecule has 0 aliphatic carbocycles. The Hall–Kier alpha value is -6.71. The molecule has 0 aliphatic rings. The molecule has 3 heteroatoms. The summed E-state index contributed by atoms with van der Waals surface area (Å²) in [5.41, 5.74) is 13.5. The molecule has 0 aliphatic heterocycles. The van der Waals surface area contributed by atoms with Gasteiger partial charge in [-0.15, -0.1) is 0 Å². The van der Waals surface area contributed by atoms with Crippen LogP contribution in [-0.2, 0) is 0 Å². The topological polar surface area (TPSA) is 20.5 Å². The summed E-state index contributed by atoms with van der Waals surface area (Å²) in [4.78, 5) is 2.38. The summed E-state index contributed by atoms with van der Waals surface area (Å²) in [5, 5.41) is 7.35. The highest BCUT2D eigenvalue weighted by molar-refractivity contribution is 6.13. The summed E-state index contributed by atoms with van der Waals surface area (Å²) >= 11 is 0. The molecule has 0 bridgehead atoms. The molecular formula is C47H33N3. The van der Waals surface area contributed by atoms with Crippen LogP contribution in [-0.4, -0.2) is 9.61 Å². The minimum absolute atomic E-state index is 1.05. The van der Waals surface area contributed by atoms with Gasteiger partial charge in [0.1, 0.15) is 0 Å². The number of aromatic nitrogens is 2. The van der Waals surface area contributed by atoms with Crippen molar-refractivity contribution in [3.8, 4) is 44.6 Å². The third-order valence-electron chi connectivity index (χ3n) is 9.46. The normalized spacial score (nSPS) is 11.2. The van der Waals surface area contributed by atoms with Gasteiger partial charge in [-0.05, 0) is 69.6 Å². The lowest BCUT2D eigenvalue weighted by Gasteiger charge is -2.28. The lowest BCUT2D eigenvalue weighted by Crippen LogP contribution is -2.11. The zero-order valence-electron chi connectivity index (χ0n) is 27.4. The van der Waals surface area contributed by atoms with Gasteiger partial charge in [-0.2, -0.15) is 5.10 Å². The van der Waals surface area contributed by atoms with Crippen molar-refractivity contribution in [1.29, 1.82) is 0 Å². The molecule has 0 atom stereocenters. The standard InChI is InChI=1S/C47H33N3/c1-5-14-34(15-6-1)36-24-28-41(29-25-36)49(42-30-26-37(27-31-42)35-16-7-2-8-17-35)44-23-13-22-40-32-45(39-20-11-4-12-21-39)50-47(46(40)44)43(33-48-50)38-18-9-3-10-19-38/h1-33H. The molecule has 9 aromatic rings. The largest absolute Gasteiger partial charge is 0.310 e. The summed E-state index contributed by atoms with van der Waals surface area (Å²) in [6.45, 7) is 0. The van der Waals surface area contributed by atoms with Crippen molar-refractivity contribution < 1.29 is 0 Å². The van der Waals surface area contributed by atoms with Crippen molar-refractivity contribution in [1.82, 2.24) is 9.61 Å². The highest BCUT2D eigenvalue weighted by atomic mass is 15.2. The molecule has 0 saturated carbocycles. The van der Waals surface area contributed by atoms with Gasteiger partial charge in [-0.3, -0.25) is 0 Å². The van der Waals surface area contributed by atoms with Crippen molar-refractivity contribution in [3.05, 3.63) is 200 Å². The van der Waals surface area contributed by atoms with Crippen molar-refractivity contribution in [3.63, 3.8) is 0 Å². The van der Waals surface area contributed by atoms with E-state index in [0.29, 0.717) is 0 Å². The molecule has 0 amide bonds. The van der Waals surface area contributed by atoms with Crippen LogP contribution in [0.4, 0.5) is 17.1 Å². The predicted molar refractivity (Wildman–Crippen MR) is 209 cm³/mol. The van der Waals surface area contributed by atoms with Crippen LogP contribution in [0, 0.1) is 0 Å². The van der Waals surface area contributed by atoms with E-state index in [4.69, 9.17) is 5.10 Å². The molecule has 3 nitrogen and oxygen atoms in total. The van der Waals surface area contributed by atoms with E-state index in [1.807, 2.05) is 6.20 Å². The Kier molecular flexibility index (Phi) is 7.49. The van der Waals surface area contributed by atoms with Gasteiger partial charge in [0.05, 0.1) is 23.1 Å². The predicted octanol–water partition coefficient (Wildman–Crippen LogP) is 12.6. The summed E-state index contributed by atoms with van der Waals surface area (Å²) in [7, 11) is 0. The third kappa shape index (κ3) is 5.32. The zero-order valence-corrected chi connectivity index (χ0v) is 27.4. The van der Waals surface area contributed by atoms with Crippen molar-refractivity contribution >= 4 is 33.4 Å². The number of hydrogen-bond donors (Lipinski definition) is 0. The number of hydrogen-bond acceptors (Lipinski definition) is 2. The van der Waals surface area contributed by atoms with Crippen LogP contribution in [0.3, 0.4) is 0 Å². The smallest absolute Gasteiger partial charge is 0.0846 e. The maximum atomic E-state index is 5.06. The fourth-order valence-corrected chi connectivity index (χ4v) is 7.04. The second kappa shape index (κ2) is 12.7. The Labute approximate surface area is 292 Å². The minimum Gasteiger partial charge on any atom is -0.310 e. The molecule has 0 radical (unpaired) electrons. The van der Waals surface area contributed by atoms with E-state index in [1.165, 1.54) is 22.3 Å². The zero-order chi connectivity index (χ0) is 33.3. The molecule has 0 N–H and O–H groups in total. The van der Waals surface area contributed by atoms with E-state index in [-0.39, 0.29) is 0 Å². The second-order valence-corrected chi connectivity index (χ2v) is 12.5. The van der Waals surface area contributed by atoms with E-state index in [2.05, 4.69) is 204 Å². The Morgan fingerprint density at radius 1 is 0.400 bits per heavy atom. The van der Waals surface area contributed by atoms with Gasteiger partial charge >= 0.3 is 0 Å². The van der Waals surface area contributed by atoms with Crippen LogP contribution in [0.5, 0.6) is 0 Å². The lowest BCUT2D eigenvalue weighted by molar-refractivity contribution is 0.975. The molecular weight excluding hydrogens is 607 g/mol. The van der Waals surface area contributed by atoms with Gasteiger partial charge < -0.3 is 4.90 Å². The van der Waals surface area contributed by atoms with Crippen LogP contribution in [0.1, 0.15) is 0 Å². The maximum Gasteiger partial charge on any atom is 0.0846 e. The van der Waals surface area contributed by atoms with Crippen molar-refractivity contribution in [2.75, 3.05) is 4.90 Å². The highest BCUT2D eigenvalue weighted by Gasteiger charge is 2.22. The quantitative estimate of drug-likeness (QED) is 0.173. The van der Waals surface area contributed by atoms with Crippen LogP contribution in [0.25, 0.3) is 60.9 Å². The SMILES string of the molecule is c1ccc(-c2ccc(N(c3ccc(-c4ccccc4)cc3)c3cccc4cc(-c5ccccc5)n5ncc(-c6ccccc6)c5c34)cc2)cc1. The van der Waals surface area contributed by atoms with Gasteiger partial charge in [0, 0.05) is 27.9 Å². The van der Waals surface area contributed by atoms with E-state index in [0.717, 1.165) is 55.7 Å². The number of anilines is 3. The first-order valence-electron chi connectivity index (χ1n) is 17.0. The van der Waals surface area contributed by atoms with Crippen LogP contribution in [0.2, 0.25) is 0 Å². The number of nitrogens with zero attached hydrogens (tertiary/aromatic N) is 3.